The maximum atomic E-state index is 13.2. The highest BCUT2D eigenvalue weighted by Crippen LogP contribution is 2.21. The van der Waals surface area contributed by atoms with E-state index in [0.29, 0.717) is 12.0 Å². The molecule has 82 valence electrons. The molecule has 0 spiro atoms. The van der Waals surface area contributed by atoms with Gasteiger partial charge in [-0.1, -0.05) is 24.3 Å². The Kier molecular flexibility index (Phi) is 6.40. The van der Waals surface area contributed by atoms with Crippen molar-refractivity contribution in [1.82, 2.24) is 0 Å². The van der Waals surface area contributed by atoms with Gasteiger partial charge in [-0.25, -0.2) is 4.39 Å². The van der Waals surface area contributed by atoms with Crippen LogP contribution >= 0.6 is 0 Å². The minimum absolute atomic E-state index is 0.156. The molecule has 0 aliphatic rings. The molecular weight excluding hydrogens is 187 g/mol. The maximum absolute atomic E-state index is 13.2. The lowest BCUT2D eigenvalue weighted by Gasteiger charge is -2.06. The summed E-state index contributed by atoms with van der Waals surface area (Å²) in [6.45, 7) is 10.9. The first-order valence-electron chi connectivity index (χ1n) is 5.03. The fraction of sp³-hybridized carbons (Fsp3) is 0.357. The third kappa shape index (κ3) is 5.87. The third-order valence-corrected chi connectivity index (χ3v) is 1.94. The lowest BCUT2D eigenvalue weighted by atomic mass is 10.0. The number of hydrogen-bond donors (Lipinski definition) is 0. The van der Waals surface area contributed by atoms with E-state index in [1.54, 1.807) is 6.08 Å². The Morgan fingerprint density at radius 3 is 2.33 bits per heavy atom. The highest BCUT2D eigenvalue weighted by molar-refractivity contribution is 5.34. The second-order valence-electron chi connectivity index (χ2n) is 3.61. The van der Waals surface area contributed by atoms with Crippen LogP contribution in [0.1, 0.15) is 34.1 Å². The van der Waals surface area contributed by atoms with Crippen molar-refractivity contribution < 1.29 is 4.39 Å². The Balaban J connectivity index is 5.05. The second-order valence-corrected chi connectivity index (χ2v) is 3.61. The predicted octanol–water partition coefficient (Wildman–Crippen LogP) is 4.87. The van der Waals surface area contributed by atoms with E-state index in [4.69, 9.17) is 0 Å². The molecule has 0 N–H and O–H groups in total. The molecule has 0 nitrogen and oxygen atoms in total. The van der Waals surface area contributed by atoms with Crippen LogP contribution in [0.5, 0.6) is 0 Å². The van der Waals surface area contributed by atoms with Crippen LogP contribution in [0.2, 0.25) is 0 Å². The van der Waals surface area contributed by atoms with Crippen LogP contribution in [0, 0.1) is 0 Å². The first kappa shape index (κ1) is 13.7. The zero-order valence-electron chi connectivity index (χ0n) is 10.0. The average Bonchev–Trinajstić information content (AvgIpc) is 2.13. The van der Waals surface area contributed by atoms with Gasteiger partial charge in [0.1, 0.15) is 5.83 Å². The molecule has 0 fully saturated rings. The quantitative estimate of drug-likeness (QED) is 0.349. The summed E-state index contributed by atoms with van der Waals surface area (Å²) in [6.07, 6.45) is 6.14. The monoisotopic (exact) mass is 206 g/mol. The second kappa shape index (κ2) is 7.03. The van der Waals surface area contributed by atoms with Gasteiger partial charge in [0.25, 0.3) is 0 Å². The summed E-state index contributed by atoms with van der Waals surface area (Å²) in [7, 11) is 0. The molecule has 0 aromatic rings. The molecule has 0 unspecified atom stereocenters. The third-order valence-electron chi connectivity index (χ3n) is 1.94. The molecule has 0 saturated carbocycles. The molecule has 1 heteroatoms. The fourth-order valence-electron chi connectivity index (χ4n) is 1.17. The van der Waals surface area contributed by atoms with E-state index in [0.717, 1.165) is 11.1 Å². The summed E-state index contributed by atoms with van der Waals surface area (Å²) < 4.78 is 13.2. The van der Waals surface area contributed by atoms with Gasteiger partial charge in [0.2, 0.25) is 0 Å². The molecule has 0 saturated heterocycles. The molecule has 0 aliphatic heterocycles. The molecular formula is C14H19F. The van der Waals surface area contributed by atoms with Crippen LogP contribution in [0.15, 0.2) is 53.1 Å². The van der Waals surface area contributed by atoms with Crippen molar-refractivity contribution in [2.75, 3.05) is 0 Å². The van der Waals surface area contributed by atoms with Gasteiger partial charge in [0.15, 0.2) is 0 Å². The molecule has 15 heavy (non-hydrogen) atoms. The van der Waals surface area contributed by atoms with Gasteiger partial charge in [0.05, 0.1) is 0 Å². The van der Waals surface area contributed by atoms with E-state index >= 15 is 0 Å². The van der Waals surface area contributed by atoms with E-state index in [2.05, 4.69) is 12.3 Å². The smallest absolute Gasteiger partial charge is 0.101 e. The lowest BCUT2D eigenvalue weighted by molar-refractivity contribution is 0.625. The van der Waals surface area contributed by atoms with Crippen LogP contribution in [0.4, 0.5) is 4.39 Å². The standard InChI is InChI=1S/C14H19F/c1-6-7-8-9-12(4)14(13(5)15)10-11(2)3/h6-8H,2,10H2,1,3-5H3/b7-6+,14-13+. The van der Waals surface area contributed by atoms with Gasteiger partial charge in [0, 0.05) is 0 Å². The number of rotatable bonds is 4. The SMILES string of the molecule is C=C(C)C/C(C(C)=C=C/C=C/C)=C(/C)F. The number of hydrogen-bond acceptors (Lipinski definition) is 0. The maximum Gasteiger partial charge on any atom is 0.101 e. The van der Waals surface area contributed by atoms with Gasteiger partial charge in [-0.05, 0) is 51.3 Å². The average molecular weight is 206 g/mol. The van der Waals surface area contributed by atoms with Crippen LogP contribution in [0.25, 0.3) is 0 Å². The van der Waals surface area contributed by atoms with E-state index in [1.807, 2.05) is 32.9 Å². The van der Waals surface area contributed by atoms with Crippen LogP contribution in [-0.2, 0) is 0 Å². The van der Waals surface area contributed by atoms with Crippen molar-refractivity contribution in [3.8, 4) is 0 Å². The minimum Gasteiger partial charge on any atom is -0.212 e. The largest absolute Gasteiger partial charge is 0.212 e. The molecule has 0 heterocycles. The highest BCUT2D eigenvalue weighted by Gasteiger charge is 2.04. The molecule has 0 bridgehead atoms. The summed E-state index contributed by atoms with van der Waals surface area (Å²) in [5, 5.41) is 0. The molecule has 0 atom stereocenters. The Hall–Kier alpha value is -1.33. The molecule has 0 aliphatic carbocycles. The molecule has 0 aromatic carbocycles. The molecule has 0 radical (unpaired) electrons. The van der Waals surface area contributed by atoms with E-state index < -0.39 is 0 Å². The molecule has 0 amide bonds. The summed E-state index contributed by atoms with van der Waals surface area (Å²) >= 11 is 0. The van der Waals surface area contributed by atoms with Crippen molar-refractivity contribution in [3.63, 3.8) is 0 Å². The van der Waals surface area contributed by atoms with E-state index in [1.165, 1.54) is 6.92 Å². The van der Waals surface area contributed by atoms with Crippen LogP contribution in [-0.4, -0.2) is 0 Å². The zero-order chi connectivity index (χ0) is 11.8. The van der Waals surface area contributed by atoms with Gasteiger partial charge < -0.3 is 0 Å². The van der Waals surface area contributed by atoms with Crippen molar-refractivity contribution in [3.05, 3.63) is 53.1 Å². The molecule has 0 rings (SSSR count). The van der Waals surface area contributed by atoms with Crippen molar-refractivity contribution in [2.24, 2.45) is 0 Å². The van der Waals surface area contributed by atoms with Crippen LogP contribution in [0.3, 0.4) is 0 Å². The lowest BCUT2D eigenvalue weighted by Crippen LogP contribution is -1.88. The van der Waals surface area contributed by atoms with Gasteiger partial charge >= 0.3 is 0 Å². The Labute approximate surface area is 92.2 Å². The van der Waals surface area contributed by atoms with Crippen LogP contribution < -0.4 is 0 Å². The Morgan fingerprint density at radius 2 is 1.93 bits per heavy atom. The van der Waals surface area contributed by atoms with Crippen molar-refractivity contribution >= 4 is 0 Å². The van der Waals surface area contributed by atoms with E-state index in [9.17, 15) is 4.39 Å². The van der Waals surface area contributed by atoms with Crippen molar-refractivity contribution in [1.29, 1.82) is 0 Å². The number of allylic oxidation sites excluding steroid dienone is 6. The van der Waals surface area contributed by atoms with E-state index in [-0.39, 0.29) is 5.83 Å². The van der Waals surface area contributed by atoms with Gasteiger partial charge in [-0.2, -0.15) is 0 Å². The summed E-state index contributed by atoms with van der Waals surface area (Å²) in [5.74, 6) is -0.156. The van der Waals surface area contributed by atoms with Crippen molar-refractivity contribution in [2.45, 2.75) is 34.1 Å². The summed E-state index contributed by atoms with van der Waals surface area (Å²) in [4.78, 5) is 0. The predicted molar refractivity (Wildman–Crippen MR) is 65.3 cm³/mol. The topological polar surface area (TPSA) is 0 Å². The Morgan fingerprint density at radius 1 is 1.33 bits per heavy atom. The van der Waals surface area contributed by atoms with Gasteiger partial charge in [-0.3, -0.25) is 0 Å². The summed E-state index contributed by atoms with van der Waals surface area (Å²) in [6, 6.07) is 0. The highest BCUT2D eigenvalue weighted by atomic mass is 19.1. The number of halogens is 1. The fourth-order valence-corrected chi connectivity index (χ4v) is 1.17. The first-order valence-corrected chi connectivity index (χ1v) is 5.03. The summed E-state index contributed by atoms with van der Waals surface area (Å²) in [5.41, 5.74) is 5.50. The first-order chi connectivity index (χ1) is 6.99. The van der Waals surface area contributed by atoms with Gasteiger partial charge in [-0.15, -0.1) is 5.73 Å². The minimum atomic E-state index is -0.156. The zero-order valence-corrected chi connectivity index (χ0v) is 10.0. The normalized spacial score (nSPS) is 12.1. The Bertz CT molecular complexity index is 344. The molecule has 0 aromatic heterocycles.